The van der Waals surface area contributed by atoms with Gasteiger partial charge in [0.2, 0.25) is 0 Å². The van der Waals surface area contributed by atoms with Gasteiger partial charge >= 0.3 is 0 Å². The summed E-state index contributed by atoms with van der Waals surface area (Å²) in [5.41, 5.74) is 8.79. The Labute approximate surface area is 106 Å². The summed E-state index contributed by atoms with van der Waals surface area (Å²) < 4.78 is 28.5. The zero-order valence-corrected chi connectivity index (χ0v) is 10.3. The van der Waals surface area contributed by atoms with Crippen molar-refractivity contribution < 1.29 is 13.5 Å². The molecule has 1 aromatic carbocycles. The van der Waals surface area contributed by atoms with Gasteiger partial charge in [-0.05, 0) is 36.3 Å². The predicted molar refractivity (Wildman–Crippen MR) is 66.9 cm³/mol. The third-order valence-electron chi connectivity index (χ3n) is 3.43. The Bertz CT molecular complexity index is 384. The second-order valence-corrected chi connectivity index (χ2v) is 4.85. The Balaban J connectivity index is 1.66. The maximum absolute atomic E-state index is 11.8. The van der Waals surface area contributed by atoms with E-state index in [0.717, 1.165) is 12.8 Å². The maximum atomic E-state index is 11.8. The van der Waals surface area contributed by atoms with E-state index in [2.05, 4.69) is 12.1 Å². The van der Waals surface area contributed by atoms with Crippen LogP contribution in [0.2, 0.25) is 0 Å². The molecule has 0 amide bonds. The molecule has 2 atom stereocenters. The third kappa shape index (κ3) is 3.50. The molecule has 0 aliphatic heterocycles. The van der Waals surface area contributed by atoms with E-state index in [-0.39, 0.29) is 6.04 Å². The standard InChI is InChI=1S/C14H19F2NO/c15-14(16)9-18-6-5-12(17)8-11-7-10-3-1-2-4-13(10)11/h1-4,11-12,14H,5-9,17H2. The molecule has 1 aromatic rings. The van der Waals surface area contributed by atoms with Crippen LogP contribution in [0.5, 0.6) is 0 Å². The molecule has 0 bridgehead atoms. The Morgan fingerprint density at radius 2 is 2.11 bits per heavy atom. The van der Waals surface area contributed by atoms with Crippen LogP contribution in [0, 0.1) is 0 Å². The number of hydrogen-bond acceptors (Lipinski definition) is 2. The number of ether oxygens (including phenoxy) is 1. The van der Waals surface area contributed by atoms with E-state index >= 15 is 0 Å². The number of fused-ring (bicyclic) bond motifs is 1. The number of nitrogens with two attached hydrogens (primary N) is 1. The lowest BCUT2D eigenvalue weighted by Gasteiger charge is -2.32. The van der Waals surface area contributed by atoms with Crippen molar-refractivity contribution in [3.8, 4) is 0 Å². The molecule has 0 saturated heterocycles. The van der Waals surface area contributed by atoms with Gasteiger partial charge in [-0.3, -0.25) is 0 Å². The van der Waals surface area contributed by atoms with Gasteiger partial charge in [-0.1, -0.05) is 24.3 Å². The van der Waals surface area contributed by atoms with Gasteiger partial charge in [-0.25, -0.2) is 8.78 Å². The van der Waals surface area contributed by atoms with Crippen LogP contribution >= 0.6 is 0 Å². The van der Waals surface area contributed by atoms with E-state index in [4.69, 9.17) is 10.5 Å². The Morgan fingerprint density at radius 1 is 1.33 bits per heavy atom. The van der Waals surface area contributed by atoms with Crippen LogP contribution in [-0.4, -0.2) is 25.7 Å². The molecule has 0 heterocycles. The quantitative estimate of drug-likeness (QED) is 0.760. The molecule has 100 valence electrons. The van der Waals surface area contributed by atoms with Crippen LogP contribution in [0.25, 0.3) is 0 Å². The van der Waals surface area contributed by atoms with E-state index in [1.807, 2.05) is 12.1 Å². The van der Waals surface area contributed by atoms with Gasteiger partial charge in [0.05, 0.1) is 0 Å². The largest absolute Gasteiger partial charge is 0.375 e. The van der Waals surface area contributed by atoms with Gasteiger partial charge < -0.3 is 10.5 Å². The first-order valence-electron chi connectivity index (χ1n) is 6.36. The van der Waals surface area contributed by atoms with E-state index in [1.54, 1.807) is 0 Å². The molecule has 2 rings (SSSR count). The summed E-state index contributed by atoms with van der Waals surface area (Å²) in [6.07, 6.45) is 0.252. The molecule has 2 unspecified atom stereocenters. The summed E-state index contributed by atoms with van der Waals surface area (Å²) in [7, 11) is 0. The van der Waals surface area contributed by atoms with Crippen molar-refractivity contribution in [3.63, 3.8) is 0 Å². The number of rotatable bonds is 7. The first-order chi connectivity index (χ1) is 8.66. The molecule has 0 fully saturated rings. The molecule has 0 spiro atoms. The fourth-order valence-electron chi connectivity index (χ4n) is 2.46. The molecule has 0 aromatic heterocycles. The highest BCUT2D eigenvalue weighted by Gasteiger charge is 2.26. The van der Waals surface area contributed by atoms with Crippen molar-refractivity contribution in [1.82, 2.24) is 0 Å². The molecule has 0 radical (unpaired) electrons. The monoisotopic (exact) mass is 255 g/mol. The lowest BCUT2D eigenvalue weighted by molar-refractivity contribution is 0.0149. The van der Waals surface area contributed by atoms with Crippen LogP contribution in [0.1, 0.15) is 29.9 Å². The fourth-order valence-corrected chi connectivity index (χ4v) is 2.46. The lowest BCUT2D eigenvalue weighted by Crippen LogP contribution is -2.29. The summed E-state index contributed by atoms with van der Waals surface area (Å²) in [4.78, 5) is 0. The summed E-state index contributed by atoms with van der Waals surface area (Å²) in [5, 5.41) is 0. The van der Waals surface area contributed by atoms with E-state index in [9.17, 15) is 8.78 Å². The third-order valence-corrected chi connectivity index (χ3v) is 3.43. The Kier molecular flexibility index (Phi) is 4.66. The summed E-state index contributed by atoms with van der Waals surface area (Å²) in [6, 6.07) is 8.41. The molecular formula is C14H19F2NO. The Hall–Kier alpha value is -1.00. The highest BCUT2D eigenvalue weighted by Crippen LogP contribution is 2.37. The summed E-state index contributed by atoms with van der Waals surface area (Å²) in [5.74, 6) is 0.534. The minimum Gasteiger partial charge on any atom is -0.375 e. The zero-order chi connectivity index (χ0) is 13.0. The fraction of sp³-hybridized carbons (Fsp3) is 0.571. The molecule has 4 heteroatoms. The van der Waals surface area contributed by atoms with Crippen LogP contribution < -0.4 is 5.73 Å². The van der Waals surface area contributed by atoms with Crippen molar-refractivity contribution >= 4 is 0 Å². The number of halogens is 2. The SMILES string of the molecule is NC(CCOCC(F)F)CC1Cc2ccccc21. The average Bonchev–Trinajstić information content (AvgIpc) is 2.31. The van der Waals surface area contributed by atoms with Gasteiger partial charge in [0.1, 0.15) is 6.61 Å². The Morgan fingerprint density at radius 3 is 2.83 bits per heavy atom. The molecule has 1 aliphatic rings. The molecule has 1 aliphatic carbocycles. The van der Waals surface area contributed by atoms with Crippen LogP contribution in [0.4, 0.5) is 8.78 Å². The molecular weight excluding hydrogens is 236 g/mol. The summed E-state index contributed by atoms with van der Waals surface area (Å²) in [6.45, 7) is -0.168. The number of hydrogen-bond donors (Lipinski definition) is 1. The van der Waals surface area contributed by atoms with E-state index in [0.29, 0.717) is 18.9 Å². The average molecular weight is 255 g/mol. The van der Waals surface area contributed by atoms with Crippen LogP contribution in [-0.2, 0) is 11.2 Å². The van der Waals surface area contributed by atoms with Crippen molar-refractivity contribution in [3.05, 3.63) is 35.4 Å². The van der Waals surface area contributed by atoms with Crippen molar-refractivity contribution in [1.29, 1.82) is 0 Å². The van der Waals surface area contributed by atoms with Crippen LogP contribution in [0.3, 0.4) is 0 Å². The van der Waals surface area contributed by atoms with Gasteiger partial charge in [0.25, 0.3) is 6.43 Å². The normalized spacial score (nSPS) is 19.4. The minimum atomic E-state index is -2.39. The van der Waals surface area contributed by atoms with Gasteiger partial charge in [0.15, 0.2) is 0 Å². The summed E-state index contributed by atoms with van der Waals surface area (Å²) >= 11 is 0. The predicted octanol–water partition coefficient (Wildman–Crippen LogP) is 2.72. The topological polar surface area (TPSA) is 35.2 Å². The first-order valence-corrected chi connectivity index (χ1v) is 6.36. The first kappa shape index (κ1) is 13.4. The van der Waals surface area contributed by atoms with Crippen molar-refractivity contribution in [2.45, 2.75) is 37.6 Å². The van der Waals surface area contributed by atoms with Gasteiger partial charge in [-0.2, -0.15) is 0 Å². The highest BCUT2D eigenvalue weighted by molar-refractivity contribution is 5.39. The maximum Gasteiger partial charge on any atom is 0.261 e. The van der Waals surface area contributed by atoms with Gasteiger partial charge in [-0.15, -0.1) is 0 Å². The molecule has 0 saturated carbocycles. The minimum absolute atomic E-state index is 0.0287. The van der Waals surface area contributed by atoms with Gasteiger partial charge in [0, 0.05) is 12.6 Å². The van der Waals surface area contributed by atoms with Crippen molar-refractivity contribution in [2.75, 3.05) is 13.2 Å². The highest BCUT2D eigenvalue weighted by atomic mass is 19.3. The second-order valence-electron chi connectivity index (χ2n) is 4.85. The second kappa shape index (κ2) is 6.25. The smallest absolute Gasteiger partial charge is 0.261 e. The van der Waals surface area contributed by atoms with E-state index < -0.39 is 13.0 Å². The van der Waals surface area contributed by atoms with Crippen molar-refractivity contribution in [2.24, 2.45) is 5.73 Å². The zero-order valence-electron chi connectivity index (χ0n) is 10.3. The van der Waals surface area contributed by atoms with Crippen LogP contribution in [0.15, 0.2) is 24.3 Å². The lowest BCUT2D eigenvalue weighted by atomic mass is 9.74. The molecule has 18 heavy (non-hydrogen) atoms. The molecule has 2 N–H and O–H groups in total. The molecule has 2 nitrogen and oxygen atoms in total. The number of benzene rings is 1. The van der Waals surface area contributed by atoms with E-state index in [1.165, 1.54) is 11.1 Å². The number of alkyl halides is 2.